The molecule has 0 bridgehead atoms. The summed E-state index contributed by atoms with van der Waals surface area (Å²) in [6.45, 7) is 22.6. The van der Waals surface area contributed by atoms with Crippen LogP contribution in [0.15, 0.2) is 54.6 Å². The van der Waals surface area contributed by atoms with Crippen molar-refractivity contribution in [2.75, 3.05) is 6.61 Å². The first-order valence-electron chi connectivity index (χ1n) is 23.1. The van der Waals surface area contributed by atoms with Gasteiger partial charge in [0, 0.05) is 0 Å². The fourth-order valence-electron chi connectivity index (χ4n) is 8.39. The van der Waals surface area contributed by atoms with E-state index in [-0.39, 0.29) is 35.7 Å². The zero-order chi connectivity index (χ0) is 46.6. The summed E-state index contributed by atoms with van der Waals surface area (Å²) in [6, 6.07) is 15.1. The number of phosphoric acid groups is 2. The van der Waals surface area contributed by atoms with Crippen molar-refractivity contribution in [1.82, 2.24) is 0 Å². The molecule has 10 nitrogen and oxygen atoms in total. The highest BCUT2D eigenvalue weighted by atomic mass is 31.3. The van der Waals surface area contributed by atoms with Crippen LogP contribution in [0.1, 0.15) is 212 Å². The van der Waals surface area contributed by atoms with Crippen LogP contribution in [0.25, 0.3) is 0 Å². The molecule has 5 N–H and O–H groups in total. The fraction of sp³-hybridized carbons (Fsp3) is 0.640. The third-order valence-electron chi connectivity index (χ3n) is 13.3. The second-order valence-electron chi connectivity index (χ2n) is 19.4. The molecular weight excluding hydrogens is 822 g/mol. The Morgan fingerprint density at radius 2 is 0.935 bits per heavy atom. The second-order valence-corrected chi connectivity index (χ2v) is 22.3. The molecule has 0 fully saturated rings. The minimum Gasteiger partial charge on any atom is -0.508 e. The lowest BCUT2D eigenvalue weighted by Crippen LogP contribution is -2.38. The van der Waals surface area contributed by atoms with Crippen LogP contribution in [0.4, 0.5) is 0 Å². The van der Waals surface area contributed by atoms with Crippen molar-refractivity contribution in [3.8, 4) is 17.2 Å². The van der Waals surface area contributed by atoms with E-state index in [1.807, 2.05) is 54.5 Å². The van der Waals surface area contributed by atoms with E-state index in [2.05, 4.69) is 27.7 Å². The molecule has 3 aromatic carbocycles. The van der Waals surface area contributed by atoms with E-state index >= 15 is 4.57 Å². The number of unbranched alkanes of at least 4 members (excludes halogenated alkanes) is 10. The molecule has 62 heavy (non-hydrogen) atoms. The van der Waals surface area contributed by atoms with Crippen LogP contribution >= 0.6 is 15.6 Å². The molecular formula is C50H80O10P2. The van der Waals surface area contributed by atoms with Gasteiger partial charge in [-0.2, -0.15) is 4.31 Å². The number of phenolic OH excluding ortho intramolecular Hbond substituents is 3. The number of rotatable bonds is 28. The number of benzene rings is 3. The molecule has 2 unspecified atom stereocenters. The van der Waals surface area contributed by atoms with Crippen molar-refractivity contribution in [1.29, 1.82) is 0 Å². The maximum Gasteiger partial charge on any atom is 0.484 e. The van der Waals surface area contributed by atoms with Crippen LogP contribution in [-0.4, -0.2) is 31.7 Å². The van der Waals surface area contributed by atoms with E-state index in [4.69, 9.17) is 13.4 Å². The van der Waals surface area contributed by atoms with Crippen LogP contribution in [0.5, 0.6) is 17.2 Å². The van der Waals surface area contributed by atoms with Crippen molar-refractivity contribution in [2.24, 2.45) is 0 Å². The first-order chi connectivity index (χ1) is 28.9. The molecule has 3 rings (SSSR count). The number of aromatic hydroxyl groups is 3. The fourth-order valence-corrected chi connectivity index (χ4v) is 10.8. The third kappa shape index (κ3) is 14.7. The zero-order valence-electron chi connectivity index (χ0n) is 39.8. The quantitative estimate of drug-likeness (QED) is 0.0350. The Hall–Kier alpha value is -2.68. The lowest BCUT2D eigenvalue weighted by molar-refractivity contribution is 0.0337. The Morgan fingerprint density at radius 1 is 0.548 bits per heavy atom. The molecule has 0 saturated heterocycles. The van der Waals surface area contributed by atoms with Crippen LogP contribution in [0.3, 0.4) is 0 Å². The average molecular weight is 903 g/mol. The van der Waals surface area contributed by atoms with Gasteiger partial charge in [0.15, 0.2) is 0 Å². The molecule has 12 heteroatoms. The van der Waals surface area contributed by atoms with Gasteiger partial charge in [-0.25, -0.2) is 9.13 Å². The van der Waals surface area contributed by atoms with Gasteiger partial charge in [0.05, 0.1) is 6.61 Å². The van der Waals surface area contributed by atoms with Gasteiger partial charge in [-0.3, -0.25) is 9.05 Å². The average Bonchev–Trinajstić information content (AvgIpc) is 3.20. The summed E-state index contributed by atoms with van der Waals surface area (Å²) in [6.07, 6.45) is 13.8. The summed E-state index contributed by atoms with van der Waals surface area (Å²) in [5, 5.41) is 33.0. The Kier molecular flexibility index (Phi) is 19.9. The highest BCUT2D eigenvalue weighted by Crippen LogP contribution is 2.67. The van der Waals surface area contributed by atoms with Crippen molar-refractivity contribution in [3.63, 3.8) is 0 Å². The lowest BCUT2D eigenvalue weighted by atomic mass is 9.66. The smallest absolute Gasteiger partial charge is 0.484 e. The topological polar surface area (TPSA) is 163 Å². The number of phosphoric ester groups is 1. The van der Waals surface area contributed by atoms with Crippen LogP contribution in [0, 0.1) is 0 Å². The molecule has 0 aliphatic rings. The normalized spacial score (nSPS) is 14.5. The molecule has 3 aromatic rings. The predicted molar refractivity (Wildman–Crippen MR) is 252 cm³/mol. The van der Waals surface area contributed by atoms with Gasteiger partial charge >= 0.3 is 15.6 Å². The van der Waals surface area contributed by atoms with Gasteiger partial charge in [-0.15, -0.1) is 0 Å². The van der Waals surface area contributed by atoms with E-state index in [0.29, 0.717) is 41.5 Å². The standard InChI is InChI=1S/C50H80O10P2/c1-12-16-17-18-19-20-21-22-23-24-25-32-58-62(57,60-61(54,55)56)59-50(42-30-27-39(52)34-45(42)48(8,9)14-3,43-31-28-40(53)35-46(43)49(10,11)15-4)36-37(5)41-29-26-38(51)33-44(41)47(6,7)13-2/h26-31,33-35,37,51-53H,12-25,32,36H2,1-11H3,(H2,54,55,56). The van der Waals surface area contributed by atoms with Crippen molar-refractivity contribution < 1.29 is 47.6 Å². The minimum atomic E-state index is -5.51. The SMILES string of the molecule is CCCCCCCCCCCCCOP(=O)(OC(CC(C)c1ccc(O)cc1C(C)(C)CC)(c1ccc(O)cc1C(C)(C)CC)c1ccc(O)cc1C(C)(C)CC)OP(=O)(O)O. The van der Waals surface area contributed by atoms with E-state index in [0.717, 1.165) is 43.2 Å². The van der Waals surface area contributed by atoms with Crippen molar-refractivity contribution in [3.05, 3.63) is 88.0 Å². The first-order valence-corrected chi connectivity index (χ1v) is 26.1. The molecule has 350 valence electrons. The minimum absolute atomic E-state index is 0.0000458. The molecule has 0 aromatic heterocycles. The lowest BCUT2D eigenvalue weighted by Gasteiger charge is -2.44. The molecule has 2 atom stereocenters. The van der Waals surface area contributed by atoms with Gasteiger partial charge in [0.25, 0.3) is 0 Å². The Balaban J connectivity index is 2.36. The molecule has 0 radical (unpaired) electrons. The van der Waals surface area contributed by atoms with Crippen LogP contribution in [0.2, 0.25) is 0 Å². The first kappa shape index (κ1) is 53.7. The molecule has 0 spiro atoms. The van der Waals surface area contributed by atoms with Gasteiger partial charge in [0.1, 0.15) is 22.8 Å². The summed E-state index contributed by atoms with van der Waals surface area (Å²) in [7, 11) is -10.7. The van der Waals surface area contributed by atoms with Crippen LogP contribution in [-0.2, 0) is 44.3 Å². The maximum atomic E-state index is 15.4. The van der Waals surface area contributed by atoms with Gasteiger partial charge in [-0.05, 0) is 124 Å². The molecule has 0 amide bonds. The van der Waals surface area contributed by atoms with E-state index < -0.39 is 38.0 Å². The Bertz CT molecular complexity index is 1900. The maximum absolute atomic E-state index is 15.4. The van der Waals surface area contributed by atoms with Gasteiger partial charge in [0.2, 0.25) is 0 Å². The summed E-state index contributed by atoms with van der Waals surface area (Å²) < 4.78 is 46.5. The highest BCUT2D eigenvalue weighted by Gasteiger charge is 2.52. The summed E-state index contributed by atoms with van der Waals surface area (Å²) in [5.74, 6) is -0.310. The van der Waals surface area contributed by atoms with Crippen molar-refractivity contribution >= 4 is 15.6 Å². The zero-order valence-corrected chi connectivity index (χ0v) is 41.5. The van der Waals surface area contributed by atoms with Crippen molar-refractivity contribution in [2.45, 2.75) is 200 Å². The second kappa shape index (κ2) is 23.0. The molecule has 0 aliphatic carbocycles. The predicted octanol–water partition coefficient (Wildman–Crippen LogP) is 14.9. The molecule has 0 heterocycles. The molecule has 0 saturated carbocycles. The van der Waals surface area contributed by atoms with E-state index in [1.165, 1.54) is 50.7 Å². The largest absolute Gasteiger partial charge is 0.508 e. The van der Waals surface area contributed by atoms with Crippen LogP contribution < -0.4 is 0 Å². The third-order valence-corrected chi connectivity index (χ3v) is 16.0. The summed E-state index contributed by atoms with van der Waals surface area (Å²) >= 11 is 0. The van der Waals surface area contributed by atoms with Gasteiger partial charge in [-0.1, -0.05) is 159 Å². The number of hydrogen-bond acceptors (Lipinski definition) is 8. The monoisotopic (exact) mass is 903 g/mol. The van der Waals surface area contributed by atoms with E-state index in [9.17, 15) is 29.7 Å². The highest BCUT2D eigenvalue weighted by molar-refractivity contribution is 7.61. The summed E-state index contributed by atoms with van der Waals surface area (Å²) in [5.41, 5.74) is 0.669. The Labute approximate surface area is 374 Å². The summed E-state index contributed by atoms with van der Waals surface area (Å²) in [4.78, 5) is 20.8. The number of phenols is 3. The van der Waals surface area contributed by atoms with E-state index in [1.54, 1.807) is 36.4 Å². The van der Waals surface area contributed by atoms with Gasteiger partial charge < -0.3 is 25.1 Å². The Morgan fingerprint density at radius 3 is 1.35 bits per heavy atom. The molecule has 0 aliphatic heterocycles. The number of hydrogen-bond donors (Lipinski definition) is 5.